The van der Waals surface area contributed by atoms with Gasteiger partial charge in [0.1, 0.15) is 34.6 Å². The fourth-order valence-electron chi connectivity index (χ4n) is 7.96. The standard InChI is InChI=1S/C38H47F4N5O10S/c1-20(2)47(34(51)52)28-22(4)56-21(3)9-7-8-10-23-17-37(23,33(50)45-58(53,54)36(18-39)12-13-36)44-30(48)29-38(41,42)35(5,19-46(29)32(28)49)57-31-26-15-24(40)16-27(55-6)25(26)11-14-43-31/h8,10-11,14-16,20-23,28-29H,7,9,12-13,17-19H2,1-6H3,(H,44,48)(H,45,50)(H,51,52)/b10-8-/t21-,22+,23-,28+,29+,35-,37-/m1/s1. The molecule has 4 aliphatic rings. The van der Waals surface area contributed by atoms with Crippen LogP contribution in [-0.4, -0.2) is 125 Å². The van der Waals surface area contributed by atoms with Crippen molar-refractivity contribution in [3.63, 3.8) is 0 Å². The van der Waals surface area contributed by atoms with Crippen LogP contribution < -0.4 is 19.5 Å². The lowest BCUT2D eigenvalue weighted by Gasteiger charge is -2.39. The Kier molecular flexibility index (Phi) is 11.2. The lowest BCUT2D eigenvalue weighted by molar-refractivity contribution is -0.164. The molecule has 7 atom stereocenters. The third kappa shape index (κ3) is 7.30. The van der Waals surface area contributed by atoms with Gasteiger partial charge in [0, 0.05) is 29.6 Å². The van der Waals surface area contributed by atoms with Crippen LogP contribution in [0.2, 0.25) is 0 Å². The van der Waals surface area contributed by atoms with E-state index < -0.39 is 117 Å². The van der Waals surface area contributed by atoms with Gasteiger partial charge in [-0.25, -0.2) is 27.0 Å². The van der Waals surface area contributed by atoms with Crippen LogP contribution in [0.1, 0.15) is 66.7 Å². The van der Waals surface area contributed by atoms with Crippen LogP contribution in [-0.2, 0) is 29.1 Å². The number of hydrogen-bond donors (Lipinski definition) is 3. The number of allylic oxidation sites excluding steroid dienone is 1. The van der Waals surface area contributed by atoms with Crippen molar-refractivity contribution in [2.45, 2.75) is 119 Å². The summed E-state index contributed by atoms with van der Waals surface area (Å²) in [7, 11) is -3.35. The molecule has 2 aliphatic carbocycles. The zero-order chi connectivity index (χ0) is 42.7. The molecule has 58 heavy (non-hydrogen) atoms. The van der Waals surface area contributed by atoms with Crippen molar-refractivity contribution in [2.24, 2.45) is 5.92 Å². The third-order valence-electron chi connectivity index (χ3n) is 11.6. The number of carbonyl (C=O) groups excluding carboxylic acids is 3. The minimum absolute atomic E-state index is 0.0269. The second kappa shape index (κ2) is 15.1. The molecule has 3 heterocycles. The fraction of sp³-hybridized carbons (Fsp3) is 0.605. The average molecular weight is 842 g/mol. The smallest absolute Gasteiger partial charge is 0.408 e. The second-order valence-electron chi connectivity index (χ2n) is 16.1. The summed E-state index contributed by atoms with van der Waals surface area (Å²) in [5, 5.41) is 12.8. The number of alkyl halides is 3. The lowest BCUT2D eigenvalue weighted by Crippen LogP contribution is -2.64. The Morgan fingerprint density at radius 1 is 1.19 bits per heavy atom. The zero-order valence-corrected chi connectivity index (χ0v) is 33.6. The Labute approximate surface area is 332 Å². The minimum atomic E-state index is -4.62. The molecule has 2 saturated carbocycles. The highest BCUT2D eigenvalue weighted by molar-refractivity contribution is 7.91. The van der Waals surface area contributed by atoms with Gasteiger partial charge in [0.25, 0.3) is 5.91 Å². The van der Waals surface area contributed by atoms with Crippen LogP contribution in [0.15, 0.2) is 36.5 Å². The minimum Gasteiger partial charge on any atom is -0.496 e. The van der Waals surface area contributed by atoms with E-state index in [1.54, 1.807) is 13.0 Å². The maximum absolute atomic E-state index is 17.4. The molecule has 3 fully saturated rings. The lowest BCUT2D eigenvalue weighted by atomic mass is 9.96. The molecule has 2 aromatic rings. The molecular weight excluding hydrogens is 795 g/mol. The number of ether oxygens (including phenoxy) is 3. The van der Waals surface area contributed by atoms with E-state index in [2.05, 4.69) is 10.3 Å². The number of rotatable bonds is 9. The number of methoxy groups -OCH3 is 1. The molecule has 0 spiro atoms. The van der Waals surface area contributed by atoms with Crippen LogP contribution in [0.5, 0.6) is 11.6 Å². The topological polar surface area (TPSA) is 194 Å². The molecule has 3 N–H and O–H groups in total. The van der Waals surface area contributed by atoms with Gasteiger partial charge in [-0.2, -0.15) is 8.78 Å². The molecule has 0 unspecified atom stereocenters. The van der Waals surface area contributed by atoms with Crippen LogP contribution in [0, 0.1) is 11.7 Å². The van der Waals surface area contributed by atoms with Crippen molar-refractivity contribution < 1.29 is 64.5 Å². The van der Waals surface area contributed by atoms with E-state index in [0.29, 0.717) is 17.7 Å². The molecule has 0 bridgehead atoms. The summed E-state index contributed by atoms with van der Waals surface area (Å²) in [6.07, 6.45) is 1.20. The molecule has 1 aromatic heterocycles. The van der Waals surface area contributed by atoms with E-state index in [1.165, 1.54) is 46.2 Å². The molecule has 1 aromatic carbocycles. The van der Waals surface area contributed by atoms with Crippen molar-refractivity contribution in [1.82, 2.24) is 24.8 Å². The van der Waals surface area contributed by atoms with Gasteiger partial charge >= 0.3 is 12.0 Å². The number of carboxylic acid groups (broad SMARTS) is 1. The molecule has 2 aliphatic heterocycles. The Morgan fingerprint density at radius 2 is 1.88 bits per heavy atom. The van der Waals surface area contributed by atoms with E-state index in [-0.39, 0.29) is 35.8 Å². The molecule has 20 heteroatoms. The number of halogens is 4. The molecule has 6 rings (SSSR count). The van der Waals surface area contributed by atoms with Gasteiger partial charge < -0.3 is 29.5 Å². The van der Waals surface area contributed by atoms with Gasteiger partial charge in [0.15, 0.2) is 11.6 Å². The van der Waals surface area contributed by atoms with Crippen molar-refractivity contribution in [1.29, 1.82) is 0 Å². The number of fused-ring (bicyclic) bond motifs is 3. The first kappa shape index (κ1) is 42.9. The maximum atomic E-state index is 17.4. The zero-order valence-electron chi connectivity index (χ0n) is 32.8. The first-order chi connectivity index (χ1) is 27.1. The summed E-state index contributed by atoms with van der Waals surface area (Å²) in [5.74, 6) is -10.7. The number of pyridine rings is 1. The number of nitrogens with zero attached hydrogens (tertiary/aromatic N) is 3. The van der Waals surface area contributed by atoms with Crippen molar-refractivity contribution in [3.05, 3.63) is 42.4 Å². The van der Waals surface area contributed by atoms with Crippen molar-refractivity contribution in [2.75, 3.05) is 20.3 Å². The van der Waals surface area contributed by atoms with Crippen molar-refractivity contribution >= 4 is 44.6 Å². The number of amides is 4. The van der Waals surface area contributed by atoms with E-state index in [4.69, 9.17) is 14.2 Å². The molecule has 318 valence electrons. The van der Waals surface area contributed by atoms with Gasteiger partial charge in [-0.3, -0.25) is 24.0 Å². The number of benzene rings is 1. The number of nitrogens with one attached hydrogen (secondary N) is 2. The molecule has 15 nitrogen and oxygen atoms in total. The van der Waals surface area contributed by atoms with Gasteiger partial charge in [0.2, 0.25) is 27.7 Å². The quantitative estimate of drug-likeness (QED) is 0.243. The molecular formula is C38H47F4N5O10S. The van der Waals surface area contributed by atoms with E-state index in [9.17, 15) is 41.5 Å². The maximum Gasteiger partial charge on any atom is 0.408 e. The fourth-order valence-corrected chi connectivity index (χ4v) is 9.38. The van der Waals surface area contributed by atoms with E-state index in [0.717, 1.165) is 24.0 Å². The summed E-state index contributed by atoms with van der Waals surface area (Å²) < 4.78 is 107. The van der Waals surface area contributed by atoms with Gasteiger partial charge in [-0.1, -0.05) is 12.2 Å². The van der Waals surface area contributed by atoms with Gasteiger partial charge in [0.05, 0.1) is 31.2 Å². The summed E-state index contributed by atoms with van der Waals surface area (Å²) >= 11 is 0. The van der Waals surface area contributed by atoms with E-state index >= 15 is 8.78 Å². The largest absolute Gasteiger partial charge is 0.496 e. The Hall–Kier alpha value is -4.72. The SMILES string of the molecule is COc1cc(F)cc2c(O[C@]3(C)CN4C(=O)[C@@H](N(C(=O)O)C(C)C)[C@H](C)O[C@H](C)CC/C=C\[C@@H]5C[C@@]5(C(=O)NS(=O)(=O)C5(CF)CC5)NC(=O)[C@H]4C3(F)F)nccc12. The first-order valence-corrected chi connectivity index (χ1v) is 20.3. The Bertz CT molecular complexity index is 2140. The van der Waals surface area contributed by atoms with Crippen LogP contribution in [0.3, 0.4) is 0 Å². The summed E-state index contributed by atoms with van der Waals surface area (Å²) in [6, 6.07) is -2.04. The van der Waals surface area contributed by atoms with Gasteiger partial charge in [-0.15, -0.1) is 0 Å². The summed E-state index contributed by atoms with van der Waals surface area (Å²) in [5.41, 5.74) is -4.96. The van der Waals surface area contributed by atoms with E-state index in [1.807, 2.05) is 4.72 Å². The summed E-state index contributed by atoms with van der Waals surface area (Å²) in [4.78, 5) is 61.3. The highest BCUT2D eigenvalue weighted by Crippen LogP contribution is 2.50. The number of hydrogen-bond acceptors (Lipinski definition) is 10. The highest BCUT2D eigenvalue weighted by Gasteiger charge is 2.72. The number of sulfonamides is 1. The van der Waals surface area contributed by atoms with Crippen LogP contribution in [0.25, 0.3) is 10.8 Å². The average Bonchev–Trinajstić information content (AvgIpc) is 4.05. The van der Waals surface area contributed by atoms with Crippen LogP contribution in [0.4, 0.5) is 22.4 Å². The molecule has 1 saturated heterocycles. The number of aromatic nitrogens is 1. The summed E-state index contributed by atoms with van der Waals surface area (Å²) in [6.45, 7) is 4.55. The third-order valence-corrected chi connectivity index (χ3v) is 13.7. The van der Waals surface area contributed by atoms with Crippen molar-refractivity contribution in [3.8, 4) is 11.6 Å². The molecule has 4 amide bonds. The first-order valence-electron chi connectivity index (χ1n) is 18.9. The van der Waals surface area contributed by atoms with Gasteiger partial charge in [-0.05, 0) is 78.9 Å². The monoisotopic (exact) mass is 841 g/mol. The predicted molar refractivity (Wildman–Crippen MR) is 199 cm³/mol. The highest BCUT2D eigenvalue weighted by atomic mass is 32.2. The molecule has 0 radical (unpaired) electrons. The number of carbonyl (C=O) groups is 4. The Morgan fingerprint density at radius 3 is 2.48 bits per heavy atom. The Balaban J connectivity index is 1.48. The second-order valence-corrected chi connectivity index (χ2v) is 18.1. The normalized spacial score (nSPS) is 31.2. The predicted octanol–water partition coefficient (Wildman–Crippen LogP) is 4.09. The van der Waals surface area contributed by atoms with Crippen LogP contribution >= 0.6 is 0 Å².